The summed E-state index contributed by atoms with van der Waals surface area (Å²) in [5.74, 6) is -1.27. The summed E-state index contributed by atoms with van der Waals surface area (Å²) in [5, 5.41) is 1.91. The first-order valence-corrected chi connectivity index (χ1v) is 8.04. The minimum Gasteiger partial charge on any atom is -0.482 e. The van der Waals surface area contributed by atoms with Crippen LogP contribution in [0.1, 0.15) is 40.2 Å². The molecule has 1 aromatic rings. The Hall–Kier alpha value is -2.57. The van der Waals surface area contributed by atoms with Crippen LogP contribution in [-0.4, -0.2) is 30.6 Å². The maximum absolute atomic E-state index is 11.9. The van der Waals surface area contributed by atoms with Crippen LogP contribution in [0, 0.1) is 5.92 Å². The molecule has 0 fully saturated rings. The molecule has 0 aromatic heterocycles. The summed E-state index contributed by atoms with van der Waals surface area (Å²) in [6, 6.07) is 6.40. The van der Waals surface area contributed by atoms with Crippen molar-refractivity contribution < 1.29 is 23.9 Å². The van der Waals surface area contributed by atoms with E-state index in [0.29, 0.717) is 5.75 Å². The number of esters is 1. The zero-order valence-corrected chi connectivity index (χ0v) is 15.3. The van der Waals surface area contributed by atoms with E-state index in [9.17, 15) is 14.4 Å². The number of ether oxygens (including phenoxy) is 2. The highest BCUT2D eigenvalue weighted by atomic mass is 16.6. The Labute approximate surface area is 147 Å². The standard InChI is InChI=1S/C18H26N2O5/c1-11(2)15(16(22)20-17(19)23)25-14(21)10-24-13-8-6-12(7-9-13)18(3,4)5/h6-9,11,15H,10H2,1-5H3,(H3,19,20,22,23)/t15-/m1/s1. The number of amides is 3. The summed E-state index contributed by atoms with van der Waals surface area (Å²) in [5.41, 5.74) is 6.07. The first-order valence-electron chi connectivity index (χ1n) is 8.04. The molecule has 1 rings (SSSR count). The van der Waals surface area contributed by atoms with Gasteiger partial charge in [-0.25, -0.2) is 9.59 Å². The van der Waals surface area contributed by atoms with Gasteiger partial charge in [0, 0.05) is 0 Å². The molecule has 0 bridgehead atoms. The van der Waals surface area contributed by atoms with Gasteiger partial charge in [-0.15, -0.1) is 0 Å². The van der Waals surface area contributed by atoms with Crippen molar-refractivity contribution in [3.63, 3.8) is 0 Å². The molecule has 0 spiro atoms. The first kappa shape index (κ1) is 20.5. The van der Waals surface area contributed by atoms with Crippen molar-refractivity contribution in [3.8, 4) is 5.75 Å². The van der Waals surface area contributed by atoms with Crippen LogP contribution in [0.25, 0.3) is 0 Å². The van der Waals surface area contributed by atoms with Crippen molar-refractivity contribution in [2.75, 3.05) is 6.61 Å². The maximum atomic E-state index is 11.9. The lowest BCUT2D eigenvalue weighted by Gasteiger charge is -2.20. The van der Waals surface area contributed by atoms with Crippen LogP contribution in [0.4, 0.5) is 4.79 Å². The van der Waals surface area contributed by atoms with E-state index in [2.05, 4.69) is 20.8 Å². The van der Waals surface area contributed by atoms with Crippen LogP contribution in [0.15, 0.2) is 24.3 Å². The number of benzene rings is 1. The Kier molecular flexibility index (Phi) is 6.97. The molecule has 1 atom stereocenters. The van der Waals surface area contributed by atoms with Crippen molar-refractivity contribution in [2.24, 2.45) is 11.7 Å². The van der Waals surface area contributed by atoms with Gasteiger partial charge in [0.1, 0.15) is 5.75 Å². The number of rotatable bonds is 6. The number of urea groups is 1. The van der Waals surface area contributed by atoms with Crippen molar-refractivity contribution in [3.05, 3.63) is 29.8 Å². The van der Waals surface area contributed by atoms with Gasteiger partial charge in [-0.05, 0) is 29.0 Å². The number of nitrogens with two attached hydrogens (primary N) is 1. The summed E-state index contributed by atoms with van der Waals surface area (Å²) in [7, 11) is 0. The SMILES string of the molecule is CC(C)[C@@H](OC(=O)COc1ccc(C(C)(C)C)cc1)C(=O)NC(N)=O. The molecule has 138 valence electrons. The third-order valence-electron chi connectivity index (χ3n) is 3.45. The van der Waals surface area contributed by atoms with E-state index in [0.717, 1.165) is 5.56 Å². The molecule has 7 nitrogen and oxygen atoms in total. The Bertz CT molecular complexity index is 617. The molecule has 25 heavy (non-hydrogen) atoms. The van der Waals surface area contributed by atoms with E-state index in [-0.39, 0.29) is 17.9 Å². The molecule has 0 aliphatic carbocycles. The van der Waals surface area contributed by atoms with Gasteiger partial charge in [0.15, 0.2) is 12.7 Å². The molecule has 0 saturated carbocycles. The molecule has 0 aliphatic rings. The Morgan fingerprint density at radius 3 is 2.12 bits per heavy atom. The van der Waals surface area contributed by atoms with E-state index in [1.807, 2.05) is 17.4 Å². The molecule has 0 radical (unpaired) electrons. The first-order chi connectivity index (χ1) is 11.5. The fourth-order valence-corrected chi connectivity index (χ4v) is 2.05. The van der Waals surface area contributed by atoms with Gasteiger partial charge in [-0.3, -0.25) is 10.1 Å². The van der Waals surface area contributed by atoms with Gasteiger partial charge in [0.2, 0.25) is 0 Å². The largest absolute Gasteiger partial charge is 0.482 e. The van der Waals surface area contributed by atoms with E-state index >= 15 is 0 Å². The third-order valence-corrected chi connectivity index (χ3v) is 3.45. The highest BCUT2D eigenvalue weighted by Gasteiger charge is 2.27. The summed E-state index contributed by atoms with van der Waals surface area (Å²) in [6.07, 6.45) is -1.12. The Balaban J connectivity index is 2.60. The lowest BCUT2D eigenvalue weighted by Crippen LogP contribution is -2.46. The fraction of sp³-hybridized carbons (Fsp3) is 0.500. The normalized spacial score (nSPS) is 12.4. The van der Waals surface area contributed by atoms with Crippen LogP contribution in [-0.2, 0) is 19.7 Å². The second-order valence-corrected chi connectivity index (χ2v) is 7.07. The second kappa shape index (κ2) is 8.50. The lowest BCUT2D eigenvalue weighted by atomic mass is 9.87. The van der Waals surface area contributed by atoms with E-state index in [4.69, 9.17) is 15.2 Å². The minimum atomic E-state index is -1.12. The van der Waals surface area contributed by atoms with Crippen LogP contribution in [0.5, 0.6) is 5.75 Å². The molecule has 0 unspecified atom stereocenters. The van der Waals surface area contributed by atoms with Gasteiger partial charge in [0.05, 0.1) is 0 Å². The van der Waals surface area contributed by atoms with Gasteiger partial charge in [-0.1, -0.05) is 46.8 Å². The van der Waals surface area contributed by atoms with Gasteiger partial charge >= 0.3 is 12.0 Å². The lowest BCUT2D eigenvalue weighted by molar-refractivity contribution is -0.160. The average molecular weight is 350 g/mol. The zero-order valence-electron chi connectivity index (χ0n) is 15.3. The highest BCUT2D eigenvalue weighted by molar-refractivity contribution is 5.96. The second-order valence-electron chi connectivity index (χ2n) is 7.07. The van der Waals surface area contributed by atoms with Gasteiger partial charge in [-0.2, -0.15) is 0 Å². The summed E-state index contributed by atoms with van der Waals surface area (Å²) < 4.78 is 10.5. The number of hydrogen-bond acceptors (Lipinski definition) is 5. The number of nitrogens with one attached hydrogen (secondary N) is 1. The molecule has 3 amide bonds. The van der Waals surface area contributed by atoms with E-state index < -0.39 is 24.0 Å². The van der Waals surface area contributed by atoms with E-state index in [1.54, 1.807) is 26.0 Å². The van der Waals surface area contributed by atoms with Gasteiger partial charge < -0.3 is 15.2 Å². The molecule has 0 heterocycles. The van der Waals surface area contributed by atoms with Crippen LogP contribution in [0.3, 0.4) is 0 Å². The quantitative estimate of drug-likeness (QED) is 0.764. The third kappa shape index (κ3) is 6.82. The van der Waals surface area contributed by atoms with Gasteiger partial charge in [0.25, 0.3) is 5.91 Å². The van der Waals surface area contributed by atoms with E-state index in [1.165, 1.54) is 0 Å². The number of imide groups is 1. The van der Waals surface area contributed by atoms with Crippen molar-refractivity contribution in [1.82, 2.24) is 5.32 Å². The minimum absolute atomic E-state index is 0.0235. The molecule has 1 aromatic carbocycles. The van der Waals surface area contributed by atoms with Crippen molar-refractivity contribution >= 4 is 17.9 Å². The van der Waals surface area contributed by atoms with Crippen molar-refractivity contribution in [1.29, 1.82) is 0 Å². The highest BCUT2D eigenvalue weighted by Crippen LogP contribution is 2.24. The monoisotopic (exact) mass is 350 g/mol. The number of hydrogen-bond donors (Lipinski definition) is 2. The summed E-state index contributed by atoms with van der Waals surface area (Å²) >= 11 is 0. The fourth-order valence-electron chi connectivity index (χ4n) is 2.05. The number of carbonyl (C=O) groups excluding carboxylic acids is 3. The number of primary amides is 1. The summed E-state index contributed by atoms with van der Waals surface area (Å²) in [6.45, 7) is 9.33. The van der Waals surface area contributed by atoms with Crippen LogP contribution < -0.4 is 15.8 Å². The number of carbonyl (C=O) groups is 3. The molecule has 7 heteroatoms. The molecular formula is C18H26N2O5. The molecule has 0 aliphatic heterocycles. The molecule has 3 N–H and O–H groups in total. The summed E-state index contributed by atoms with van der Waals surface area (Å²) in [4.78, 5) is 34.5. The maximum Gasteiger partial charge on any atom is 0.344 e. The predicted octanol–water partition coefficient (Wildman–Crippen LogP) is 2.13. The molecule has 0 saturated heterocycles. The van der Waals surface area contributed by atoms with Crippen LogP contribution in [0.2, 0.25) is 0 Å². The van der Waals surface area contributed by atoms with Crippen molar-refractivity contribution in [2.45, 2.75) is 46.1 Å². The predicted molar refractivity (Wildman–Crippen MR) is 93.1 cm³/mol. The Morgan fingerprint density at radius 1 is 1.12 bits per heavy atom. The Morgan fingerprint density at radius 2 is 1.68 bits per heavy atom. The average Bonchev–Trinajstić information content (AvgIpc) is 2.49. The van der Waals surface area contributed by atoms with Crippen LogP contribution >= 0.6 is 0 Å². The smallest absolute Gasteiger partial charge is 0.344 e. The zero-order chi connectivity index (χ0) is 19.2. The molecular weight excluding hydrogens is 324 g/mol. The topological polar surface area (TPSA) is 108 Å².